The van der Waals surface area contributed by atoms with Crippen LogP contribution in [0.2, 0.25) is 0 Å². The molecule has 0 saturated heterocycles. The minimum atomic E-state index is 0.852. The minimum absolute atomic E-state index is 0.852. The van der Waals surface area contributed by atoms with Crippen LogP contribution < -0.4 is 19.9 Å². The SMILES string of the molecule is COc1ccc([C+](C2=c3ccccc3=C3C=CC=C[C+]32)c2ccc(OC)cc2)cc1. The molecule has 5 rings (SSSR count). The van der Waals surface area contributed by atoms with E-state index in [1.54, 1.807) is 14.2 Å². The summed E-state index contributed by atoms with van der Waals surface area (Å²) in [5.74, 6) is 4.17. The van der Waals surface area contributed by atoms with E-state index in [-0.39, 0.29) is 0 Å². The number of allylic oxidation sites excluding steroid dienone is 4. The summed E-state index contributed by atoms with van der Waals surface area (Å²) in [6.07, 6.45) is 8.65. The zero-order chi connectivity index (χ0) is 20.5. The van der Waals surface area contributed by atoms with Crippen molar-refractivity contribution in [2.24, 2.45) is 0 Å². The van der Waals surface area contributed by atoms with Crippen LogP contribution in [-0.4, -0.2) is 14.2 Å². The van der Waals surface area contributed by atoms with Crippen LogP contribution in [0.15, 0.2) is 97.1 Å². The van der Waals surface area contributed by atoms with Crippen LogP contribution in [0.5, 0.6) is 11.5 Å². The van der Waals surface area contributed by atoms with Crippen molar-refractivity contribution in [3.63, 3.8) is 0 Å². The maximum Gasteiger partial charge on any atom is 0.141 e. The third-order valence-electron chi connectivity index (χ3n) is 5.69. The van der Waals surface area contributed by atoms with Gasteiger partial charge in [0.25, 0.3) is 0 Å². The zero-order valence-electron chi connectivity index (χ0n) is 17.1. The Balaban J connectivity index is 1.76. The van der Waals surface area contributed by atoms with Crippen LogP contribution in [0, 0.1) is 11.8 Å². The van der Waals surface area contributed by atoms with E-state index in [2.05, 4.69) is 72.8 Å². The lowest BCUT2D eigenvalue weighted by Gasteiger charge is -2.16. The van der Waals surface area contributed by atoms with Gasteiger partial charge in [0.2, 0.25) is 0 Å². The lowest BCUT2D eigenvalue weighted by molar-refractivity contribution is 0.414. The molecule has 0 bridgehead atoms. The molecule has 0 amide bonds. The number of hydrogen-bond donors (Lipinski definition) is 0. The normalized spacial score (nSPS) is 13.9. The first kappa shape index (κ1) is 18.3. The zero-order valence-corrected chi connectivity index (χ0v) is 17.1. The number of ether oxygens (including phenoxy) is 2. The van der Waals surface area contributed by atoms with Gasteiger partial charge in [-0.1, -0.05) is 24.3 Å². The van der Waals surface area contributed by atoms with Gasteiger partial charge in [-0.2, -0.15) is 0 Å². The molecule has 0 fully saturated rings. The second-order valence-corrected chi connectivity index (χ2v) is 7.30. The Hall–Kier alpha value is -3.78. The highest BCUT2D eigenvalue weighted by Crippen LogP contribution is 2.43. The van der Waals surface area contributed by atoms with Gasteiger partial charge < -0.3 is 9.47 Å². The largest absolute Gasteiger partial charge is 0.495 e. The lowest BCUT2D eigenvalue weighted by Crippen LogP contribution is -2.25. The Morgan fingerprint density at radius 3 is 1.80 bits per heavy atom. The number of fused-ring (bicyclic) bond motifs is 2. The maximum absolute atomic E-state index is 5.39. The molecule has 2 aliphatic carbocycles. The highest BCUT2D eigenvalue weighted by Gasteiger charge is 2.41. The van der Waals surface area contributed by atoms with Gasteiger partial charge >= 0.3 is 0 Å². The van der Waals surface area contributed by atoms with E-state index in [0.29, 0.717) is 0 Å². The molecule has 2 aliphatic rings. The van der Waals surface area contributed by atoms with E-state index in [0.717, 1.165) is 22.6 Å². The molecule has 0 heterocycles. The van der Waals surface area contributed by atoms with E-state index in [1.807, 2.05) is 24.3 Å². The quantitative estimate of drug-likeness (QED) is 0.602. The van der Waals surface area contributed by atoms with Crippen molar-refractivity contribution in [2.75, 3.05) is 14.2 Å². The third kappa shape index (κ3) is 2.98. The highest BCUT2D eigenvalue weighted by molar-refractivity contribution is 6.01. The van der Waals surface area contributed by atoms with Crippen molar-refractivity contribution in [2.45, 2.75) is 0 Å². The predicted octanol–water partition coefficient (Wildman–Crippen LogP) is 4.39. The van der Waals surface area contributed by atoms with Gasteiger partial charge in [0.15, 0.2) is 0 Å². The summed E-state index contributed by atoms with van der Waals surface area (Å²) in [5.41, 5.74) is 4.85. The molecular weight excluding hydrogens is 368 g/mol. The van der Waals surface area contributed by atoms with Crippen molar-refractivity contribution in [3.05, 3.63) is 131 Å². The molecule has 0 aromatic heterocycles. The monoisotopic (exact) mass is 390 g/mol. The van der Waals surface area contributed by atoms with Crippen molar-refractivity contribution in [1.29, 1.82) is 0 Å². The molecule has 0 atom stereocenters. The standard InChI is InChI=1S/C28H22O2/c1-29-21-15-11-19(12-16-21)27(20-13-17-22(30-2)18-14-20)28-25-9-5-3-7-23(25)24-8-4-6-10-26(24)28/h3-18H,1-2H3/q+2. The van der Waals surface area contributed by atoms with Gasteiger partial charge in [0.1, 0.15) is 34.1 Å². The Bertz CT molecular complexity index is 1200. The lowest BCUT2D eigenvalue weighted by atomic mass is 9.77. The van der Waals surface area contributed by atoms with E-state index < -0.39 is 0 Å². The summed E-state index contributed by atoms with van der Waals surface area (Å²) in [6.45, 7) is 0. The van der Waals surface area contributed by atoms with E-state index in [4.69, 9.17) is 9.47 Å². The minimum Gasteiger partial charge on any atom is -0.495 e. The van der Waals surface area contributed by atoms with Crippen molar-refractivity contribution in [3.8, 4) is 11.5 Å². The first-order valence-electron chi connectivity index (χ1n) is 10.0. The average Bonchev–Trinajstić information content (AvgIpc) is 3.15. The summed E-state index contributed by atoms with van der Waals surface area (Å²) in [5, 5.41) is 2.54. The van der Waals surface area contributed by atoms with E-state index in [1.165, 1.54) is 33.4 Å². The van der Waals surface area contributed by atoms with Gasteiger partial charge in [-0.05, 0) is 24.3 Å². The molecule has 0 spiro atoms. The molecule has 0 radical (unpaired) electrons. The van der Waals surface area contributed by atoms with Crippen LogP contribution in [-0.2, 0) is 0 Å². The van der Waals surface area contributed by atoms with Gasteiger partial charge in [0, 0.05) is 48.5 Å². The average molecular weight is 390 g/mol. The van der Waals surface area contributed by atoms with E-state index in [9.17, 15) is 0 Å². The molecule has 0 unspecified atom stereocenters. The first-order chi connectivity index (χ1) is 14.8. The highest BCUT2D eigenvalue weighted by atomic mass is 16.5. The summed E-state index contributed by atoms with van der Waals surface area (Å²) in [4.78, 5) is 0. The fourth-order valence-corrected chi connectivity index (χ4v) is 4.26. The summed E-state index contributed by atoms with van der Waals surface area (Å²) in [6, 6.07) is 25.3. The van der Waals surface area contributed by atoms with Gasteiger partial charge in [0.05, 0.1) is 36.1 Å². The molecule has 144 valence electrons. The van der Waals surface area contributed by atoms with Gasteiger partial charge in [-0.15, -0.1) is 0 Å². The van der Waals surface area contributed by atoms with E-state index >= 15 is 0 Å². The van der Waals surface area contributed by atoms with Gasteiger partial charge in [-0.25, -0.2) is 0 Å². The molecule has 2 heteroatoms. The second kappa shape index (κ2) is 7.57. The Morgan fingerprint density at radius 1 is 0.667 bits per heavy atom. The van der Waals surface area contributed by atoms with Crippen molar-refractivity contribution in [1.82, 2.24) is 0 Å². The summed E-state index contributed by atoms with van der Waals surface area (Å²) in [7, 11) is 3.39. The van der Waals surface area contributed by atoms with Crippen LogP contribution >= 0.6 is 0 Å². The van der Waals surface area contributed by atoms with Crippen molar-refractivity contribution >= 4 is 11.1 Å². The van der Waals surface area contributed by atoms with Crippen molar-refractivity contribution < 1.29 is 9.47 Å². The Labute approximate surface area is 177 Å². The van der Waals surface area contributed by atoms with Crippen LogP contribution in [0.1, 0.15) is 11.1 Å². The smallest absolute Gasteiger partial charge is 0.141 e. The molecule has 0 aliphatic heterocycles. The first-order valence-corrected chi connectivity index (χ1v) is 10.0. The maximum atomic E-state index is 5.39. The molecule has 3 aromatic carbocycles. The second-order valence-electron chi connectivity index (χ2n) is 7.30. The predicted molar refractivity (Wildman–Crippen MR) is 121 cm³/mol. The Kier molecular flexibility index (Phi) is 4.61. The molecule has 30 heavy (non-hydrogen) atoms. The summed E-state index contributed by atoms with van der Waals surface area (Å²) >= 11 is 0. The summed E-state index contributed by atoms with van der Waals surface area (Å²) < 4.78 is 10.8. The number of rotatable bonds is 5. The molecule has 0 saturated carbocycles. The third-order valence-corrected chi connectivity index (χ3v) is 5.69. The number of benzene rings is 3. The van der Waals surface area contributed by atoms with Crippen LogP contribution in [0.4, 0.5) is 0 Å². The fourth-order valence-electron chi connectivity index (χ4n) is 4.26. The molecule has 0 N–H and O–H groups in total. The fraction of sp³-hybridized carbons (Fsp3) is 0.0714. The molecular formula is C28H22O2+2. The van der Waals surface area contributed by atoms with Gasteiger partial charge in [-0.3, -0.25) is 0 Å². The molecule has 3 aromatic rings. The Morgan fingerprint density at radius 2 is 1.23 bits per heavy atom. The topological polar surface area (TPSA) is 18.5 Å². The number of hydrogen-bond acceptors (Lipinski definition) is 2. The van der Waals surface area contributed by atoms with Crippen LogP contribution in [0.3, 0.4) is 0 Å². The number of methoxy groups -OCH3 is 2. The van der Waals surface area contributed by atoms with Crippen LogP contribution in [0.25, 0.3) is 11.1 Å². The molecule has 2 nitrogen and oxygen atoms in total.